The van der Waals surface area contributed by atoms with E-state index in [-0.39, 0.29) is 11.7 Å². The van der Waals surface area contributed by atoms with E-state index in [1.165, 1.54) is 0 Å². The maximum Gasteiger partial charge on any atom is 0.328 e. The summed E-state index contributed by atoms with van der Waals surface area (Å²) in [6.45, 7) is 0. The second-order valence-corrected chi connectivity index (χ2v) is 7.88. The van der Waals surface area contributed by atoms with Crippen molar-refractivity contribution in [2.75, 3.05) is 0 Å². The molecule has 9 heteroatoms. The highest BCUT2D eigenvalue weighted by atomic mass is 16.3. The zero-order chi connectivity index (χ0) is 21.8. The summed E-state index contributed by atoms with van der Waals surface area (Å²) in [5, 5.41) is 19.7. The highest BCUT2D eigenvalue weighted by molar-refractivity contribution is 5.79. The van der Waals surface area contributed by atoms with Crippen LogP contribution in [-0.2, 0) is 0 Å². The van der Waals surface area contributed by atoms with Gasteiger partial charge in [0, 0.05) is 0 Å². The molecule has 2 aromatic carbocycles. The summed E-state index contributed by atoms with van der Waals surface area (Å²) in [5.74, 6) is 0.354. The lowest BCUT2D eigenvalue weighted by Crippen LogP contribution is -2.27. The number of nitrogens with one attached hydrogen (secondary N) is 1. The molecule has 0 saturated carbocycles. The van der Waals surface area contributed by atoms with Crippen molar-refractivity contribution in [3.8, 4) is 12.0 Å². The standard InChI is InChI=1S/C23H17N7O2/c24-10-13-5-6-16-19(9-13)29(12-26-16)22-25-11-17-21(28-22)30(23(32)27-17)18-7-8-20(31)15-4-2-1-3-14(15)18/h1-6,9,11-12,18,20,31H,7-8H2,(H,27,32)/t18-,20?/m1/s1. The molecular weight excluding hydrogens is 406 g/mol. The predicted molar refractivity (Wildman–Crippen MR) is 116 cm³/mol. The van der Waals surface area contributed by atoms with Crippen LogP contribution in [-0.4, -0.2) is 34.2 Å². The van der Waals surface area contributed by atoms with Gasteiger partial charge in [-0.15, -0.1) is 0 Å². The summed E-state index contributed by atoms with van der Waals surface area (Å²) >= 11 is 0. The highest BCUT2D eigenvalue weighted by Crippen LogP contribution is 2.38. The van der Waals surface area contributed by atoms with Crippen LogP contribution in [0.15, 0.2) is 59.8 Å². The quantitative estimate of drug-likeness (QED) is 0.450. The van der Waals surface area contributed by atoms with Crippen molar-refractivity contribution in [1.82, 2.24) is 29.1 Å². The first-order chi connectivity index (χ1) is 15.6. The molecule has 32 heavy (non-hydrogen) atoms. The molecule has 2 atom stereocenters. The Balaban J connectivity index is 1.55. The first kappa shape index (κ1) is 18.5. The smallest absolute Gasteiger partial charge is 0.328 e. The Morgan fingerprint density at radius 2 is 1.97 bits per heavy atom. The van der Waals surface area contributed by atoms with Crippen LogP contribution in [0.3, 0.4) is 0 Å². The van der Waals surface area contributed by atoms with E-state index in [0.29, 0.717) is 46.6 Å². The lowest BCUT2D eigenvalue weighted by atomic mass is 9.85. The van der Waals surface area contributed by atoms with Crippen molar-refractivity contribution < 1.29 is 5.11 Å². The number of rotatable bonds is 2. The van der Waals surface area contributed by atoms with Crippen molar-refractivity contribution >= 4 is 22.2 Å². The lowest BCUT2D eigenvalue weighted by molar-refractivity contribution is 0.147. The molecule has 0 spiro atoms. The Morgan fingerprint density at radius 1 is 1.12 bits per heavy atom. The average molecular weight is 423 g/mol. The molecule has 0 aliphatic heterocycles. The largest absolute Gasteiger partial charge is 0.388 e. The second-order valence-electron chi connectivity index (χ2n) is 7.88. The summed E-state index contributed by atoms with van der Waals surface area (Å²) in [7, 11) is 0. The Labute approximate surface area is 181 Å². The number of benzene rings is 2. The number of fused-ring (bicyclic) bond motifs is 3. The number of hydrogen-bond donors (Lipinski definition) is 2. The molecule has 3 heterocycles. The molecule has 0 amide bonds. The van der Waals surface area contributed by atoms with E-state index in [1.807, 2.05) is 24.3 Å². The Kier molecular flexibility index (Phi) is 3.96. The van der Waals surface area contributed by atoms with Crippen molar-refractivity contribution in [2.24, 2.45) is 0 Å². The third-order valence-corrected chi connectivity index (χ3v) is 6.08. The zero-order valence-corrected chi connectivity index (χ0v) is 16.8. The van der Waals surface area contributed by atoms with Crippen LogP contribution in [0.2, 0.25) is 0 Å². The summed E-state index contributed by atoms with van der Waals surface area (Å²) in [5.41, 5.74) is 4.43. The maximum absolute atomic E-state index is 12.9. The van der Waals surface area contributed by atoms with E-state index in [1.54, 1.807) is 39.9 Å². The van der Waals surface area contributed by atoms with Crippen molar-refractivity contribution in [3.05, 3.63) is 82.2 Å². The van der Waals surface area contributed by atoms with E-state index in [0.717, 1.165) is 11.1 Å². The highest BCUT2D eigenvalue weighted by Gasteiger charge is 2.29. The summed E-state index contributed by atoms with van der Waals surface area (Å²) in [6, 6.07) is 14.8. The molecule has 3 aromatic heterocycles. The summed E-state index contributed by atoms with van der Waals surface area (Å²) in [4.78, 5) is 29.3. The minimum atomic E-state index is -0.541. The molecule has 0 radical (unpaired) electrons. The number of H-pyrrole nitrogens is 1. The van der Waals surface area contributed by atoms with Crippen LogP contribution in [0.1, 0.15) is 41.7 Å². The normalized spacial score (nSPS) is 18.0. The topological polar surface area (TPSA) is 125 Å². The van der Waals surface area contributed by atoms with Gasteiger partial charge >= 0.3 is 5.69 Å². The SMILES string of the molecule is N#Cc1ccc2ncn(-c3ncc4[nH]c(=O)n([C@@H]5CCC(O)c6ccccc65)c4n3)c2c1. The molecular formula is C23H17N7O2. The molecule has 0 saturated heterocycles. The van der Waals surface area contributed by atoms with Crippen molar-refractivity contribution in [2.45, 2.75) is 25.0 Å². The van der Waals surface area contributed by atoms with Crippen LogP contribution >= 0.6 is 0 Å². The van der Waals surface area contributed by atoms with E-state index in [2.05, 4.69) is 21.0 Å². The van der Waals surface area contributed by atoms with Crippen LogP contribution in [0.5, 0.6) is 0 Å². The maximum atomic E-state index is 12.9. The number of nitriles is 1. The third kappa shape index (κ3) is 2.67. The van der Waals surface area contributed by atoms with Gasteiger partial charge in [0.15, 0.2) is 5.65 Å². The molecule has 0 fully saturated rings. The van der Waals surface area contributed by atoms with Gasteiger partial charge in [0.25, 0.3) is 0 Å². The van der Waals surface area contributed by atoms with Gasteiger partial charge in [0.2, 0.25) is 5.95 Å². The molecule has 0 bridgehead atoms. The number of aliphatic hydroxyl groups is 1. The summed E-state index contributed by atoms with van der Waals surface area (Å²) < 4.78 is 3.35. The van der Waals surface area contributed by atoms with Gasteiger partial charge in [-0.1, -0.05) is 24.3 Å². The Bertz CT molecular complexity index is 1600. The van der Waals surface area contributed by atoms with Crippen molar-refractivity contribution in [3.63, 3.8) is 0 Å². The van der Waals surface area contributed by atoms with Gasteiger partial charge in [-0.25, -0.2) is 14.8 Å². The fraction of sp³-hybridized carbons (Fsp3) is 0.174. The zero-order valence-electron chi connectivity index (χ0n) is 16.8. The summed E-state index contributed by atoms with van der Waals surface area (Å²) in [6.07, 6.45) is 3.82. The molecule has 5 aromatic rings. The minimum absolute atomic E-state index is 0.247. The third-order valence-electron chi connectivity index (χ3n) is 6.08. The number of hydrogen-bond acceptors (Lipinski definition) is 6. The van der Waals surface area contributed by atoms with Crippen LogP contribution < -0.4 is 5.69 Å². The van der Waals surface area contributed by atoms with E-state index in [4.69, 9.17) is 4.98 Å². The minimum Gasteiger partial charge on any atom is -0.388 e. The Hall–Kier alpha value is -4.29. The van der Waals surface area contributed by atoms with Gasteiger partial charge in [-0.05, 0) is 42.2 Å². The lowest BCUT2D eigenvalue weighted by Gasteiger charge is -2.29. The monoisotopic (exact) mass is 423 g/mol. The first-order valence-corrected chi connectivity index (χ1v) is 10.3. The molecule has 1 unspecified atom stereocenters. The van der Waals surface area contributed by atoms with E-state index < -0.39 is 6.10 Å². The second kappa shape index (κ2) is 6.87. The number of aliphatic hydroxyl groups excluding tert-OH is 1. The number of aromatic nitrogens is 6. The fourth-order valence-corrected chi connectivity index (χ4v) is 4.56. The molecule has 1 aliphatic rings. The molecule has 1 aliphatic carbocycles. The van der Waals surface area contributed by atoms with Crippen LogP contribution in [0, 0.1) is 11.3 Å². The van der Waals surface area contributed by atoms with E-state index >= 15 is 0 Å². The fourth-order valence-electron chi connectivity index (χ4n) is 4.56. The number of aromatic amines is 1. The number of nitrogens with zero attached hydrogens (tertiary/aromatic N) is 6. The van der Waals surface area contributed by atoms with E-state index in [9.17, 15) is 15.2 Å². The molecule has 9 nitrogen and oxygen atoms in total. The van der Waals surface area contributed by atoms with Crippen LogP contribution in [0.25, 0.3) is 28.1 Å². The van der Waals surface area contributed by atoms with Gasteiger partial charge in [0.1, 0.15) is 11.8 Å². The number of imidazole rings is 2. The van der Waals surface area contributed by atoms with Crippen LogP contribution in [0.4, 0.5) is 0 Å². The van der Waals surface area contributed by atoms with Gasteiger partial charge in [0.05, 0.1) is 41.0 Å². The Morgan fingerprint density at radius 3 is 2.81 bits per heavy atom. The molecule has 6 rings (SSSR count). The van der Waals surface area contributed by atoms with Gasteiger partial charge < -0.3 is 10.1 Å². The van der Waals surface area contributed by atoms with Gasteiger partial charge in [-0.3, -0.25) is 9.13 Å². The average Bonchev–Trinajstić information content (AvgIpc) is 3.39. The predicted octanol–water partition coefficient (Wildman–Crippen LogP) is 2.75. The molecule has 156 valence electrons. The molecule has 2 N–H and O–H groups in total. The first-order valence-electron chi connectivity index (χ1n) is 10.3. The van der Waals surface area contributed by atoms with Gasteiger partial charge in [-0.2, -0.15) is 10.2 Å². The van der Waals surface area contributed by atoms with Crippen molar-refractivity contribution in [1.29, 1.82) is 5.26 Å².